The number of nitriles is 2. The minimum Gasteiger partial charge on any atom is -0.508 e. The lowest BCUT2D eigenvalue weighted by atomic mass is 10.0. The molecule has 5 atom stereocenters. The van der Waals surface area contributed by atoms with Crippen molar-refractivity contribution in [1.29, 1.82) is 10.5 Å². The number of anilines is 6. The number of phenolic OH excluding ortho intramolecular Hbond substituents is 1. The number of aromatic hydroxyl groups is 1. The lowest BCUT2D eigenvalue weighted by Gasteiger charge is -2.42. The molecular formula is C92H116N22O7S2. The number of amides is 3. The maximum absolute atomic E-state index is 12.5. The van der Waals surface area contributed by atoms with Gasteiger partial charge in [0.25, 0.3) is 0 Å². The van der Waals surface area contributed by atoms with E-state index in [-0.39, 0.29) is 82.8 Å². The fourth-order valence-corrected chi connectivity index (χ4v) is 18.8. The second-order valence-corrected chi connectivity index (χ2v) is 32.8. The molecule has 29 nitrogen and oxygen atoms in total. The number of phenols is 1. The Hall–Kier alpha value is -11.5. The Morgan fingerprint density at radius 3 is 1.53 bits per heavy atom. The Morgan fingerprint density at radius 1 is 0.520 bits per heavy atom. The third-order valence-corrected chi connectivity index (χ3v) is 25.4. The number of aromatic amines is 1. The molecule has 0 spiro atoms. The first-order valence-corrected chi connectivity index (χ1v) is 42.4. The molecule has 2 unspecified atom stereocenters. The highest BCUT2D eigenvalue weighted by atomic mass is 32.1. The summed E-state index contributed by atoms with van der Waals surface area (Å²) in [6.07, 6.45) is 14.5. The van der Waals surface area contributed by atoms with Gasteiger partial charge >= 0.3 is 18.0 Å². The van der Waals surface area contributed by atoms with Crippen molar-refractivity contribution in [2.75, 3.05) is 175 Å². The molecule has 123 heavy (non-hydrogen) atoms. The van der Waals surface area contributed by atoms with E-state index < -0.39 is 0 Å². The highest BCUT2D eigenvalue weighted by Gasteiger charge is 2.38. The Balaban J connectivity index is 0.000000157. The van der Waals surface area contributed by atoms with Gasteiger partial charge in [0.15, 0.2) is 0 Å². The number of hydrogen-bond donors (Lipinski definition) is 3. The molecule has 18 rings (SSSR count). The monoisotopic (exact) mass is 1700 g/mol. The van der Waals surface area contributed by atoms with Crippen LogP contribution in [-0.4, -0.2) is 257 Å². The number of nitrogens with zero attached hydrogens (tertiary/aromatic N) is 20. The number of carbonyl (C=O) groups excluding carboxylic acids is 3. The van der Waals surface area contributed by atoms with Crippen molar-refractivity contribution in [3.63, 3.8) is 0 Å². The van der Waals surface area contributed by atoms with E-state index in [1.807, 2.05) is 35.4 Å². The molecule has 6 saturated heterocycles. The molecule has 0 aliphatic carbocycles. The van der Waals surface area contributed by atoms with Gasteiger partial charge in [-0.3, -0.25) is 19.5 Å². The molecule has 0 saturated carbocycles. The van der Waals surface area contributed by atoms with Gasteiger partial charge in [-0.25, -0.2) is 0 Å². The first-order chi connectivity index (χ1) is 58.6. The van der Waals surface area contributed by atoms with Crippen LogP contribution in [0, 0.1) is 35.5 Å². The number of rotatable bonds is 20. The van der Waals surface area contributed by atoms with Gasteiger partial charge in [-0.15, -0.1) is 0 Å². The second kappa shape index (κ2) is 40.7. The van der Waals surface area contributed by atoms with Crippen LogP contribution in [0.4, 0.5) is 34.5 Å². The number of hydrogen-bond acceptors (Lipinski definition) is 25. The zero-order valence-electron chi connectivity index (χ0n) is 70.2. The number of fused-ring (bicyclic) bond motifs is 6. The fraction of sp³-hybridized carbons (Fsp3) is 0.457. The van der Waals surface area contributed by atoms with Crippen LogP contribution >= 0.6 is 27.0 Å². The van der Waals surface area contributed by atoms with Crippen molar-refractivity contribution in [3.05, 3.63) is 174 Å². The molecule has 5 aromatic carbocycles. The van der Waals surface area contributed by atoms with Crippen molar-refractivity contribution >= 4 is 112 Å². The zero-order valence-corrected chi connectivity index (χ0v) is 72.2. The molecule has 31 heteroatoms. The van der Waals surface area contributed by atoms with Gasteiger partial charge in [0.2, 0.25) is 17.7 Å². The van der Waals surface area contributed by atoms with E-state index in [4.69, 9.17) is 44.1 Å². The smallest absolute Gasteiger partial charge is 0.318 e. The molecule has 648 valence electrons. The average Bonchev–Trinajstić information content (AvgIpc) is 1.50. The number of aryl methyl sites for hydroxylation is 1. The predicted molar refractivity (Wildman–Crippen MR) is 492 cm³/mol. The SMILES string of the molecule is C.C=CC(=O)N1CCN(c2nc(OC[C@@H]3CCCN3C)nc3c2CCN(c2c(C)ccc4[nH]ncc24)C3)CC1CC#N.C=CC(=O)N1CCN(c2nc(OC[C@@H]3CCCN3C)nc3c2CCN(c2cccc4ccccc24)C3)CC1CC#N.C=CC(=O)N1CCN(c2nc(OC[C@@H]3CCNC3)nc3c2CCN(c2cc(O)cc4ccccc24)C3)CC1.S.S. The van der Waals surface area contributed by atoms with E-state index in [9.17, 15) is 30.0 Å². The molecule has 9 aromatic rings. The van der Waals surface area contributed by atoms with Gasteiger partial charge < -0.3 is 78.5 Å². The molecule has 9 aliphatic rings. The van der Waals surface area contributed by atoms with Crippen molar-refractivity contribution in [1.82, 2.24) is 69.9 Å². The van der Waals surface area contributed by atoms with Crippen LogP contribution in [0.3, 0.4) is 0 Å². The van der Waals surface area contributed by atoms with Gasteiger partial charge in [-0.1, -0.05) is 93.9 Å². The molecule has 0 radical (unpaired) electrons. The van der Waals surface area contributed by atoms with Crippen LogP contribution in [0.25, 0.3) is 32.4 Å². The molecule has 4 aromatic heterocycles. The first-order valence-electron chi connectivity index (χ1n) is 42.4. The summed E-state index contributed by atoms with van der Waals surface area (Å²) in [7, 11) is 4.28. The quantitative estimate of drug-likeness (QED) is 0.0597. The largest absolute Gasteiger partial charge is 0.508 e. The number of benzene rings is 5. The number of likely N-dealkylation sites (tertiary alicyclic amines) is 2. The second-order valence-electron chi connectivity index (χ2n) is 32.8. The van der Waals surface area contributed by atoms with Crippen molar-refractivity contribution in [2.24, 2.45) is 5.92 Å². The van der Waals surface area contributed by atoms with Crippen molar-refractivity contribution in [3.8, 4) is 35.9 Å². The van der Waals surface area contributed by atoms with Gasteiger partial charge in [-0.2, -0.15) is 72.5 Å². The normalized spacial score (nSPS) is 20.1. The van der Waals surface area contributed by atoms with Gasteiger partial charge in [0, 0.05) is 160 Å². The molecule has 3 N–H and O–H groups in total. The number of likely N-dealkylation sites (N-methyl/N-ethyl adjacent to an activating group) is 2. The molecule has 0 bridgehead atoms. The summed E-state index contributed by atoms with van der Waals surface area (Å²) >= 11 is 0. The van der Waals surface area contributed by atoms with Crippen molar-refractivity contribution in [2.45, 2.75) is 122 Å². The van der Waals surface area contributed by atoms with E-state index >= 15 is 0 Å². The Bertz CT molecular complexity index is 5370. The topological polar surface area (TPSA) is 300 Å². The lowest BCUT2D eigenvalue weighted by Crippen LogP contribution is -2.55. The van der Waals surface area contributed by atoms with E-state index in [1.165, 1.54) is 58.8 Å². The molecule has 6 fully saturated rings. The van der Waals surface area contributed by atoms with Crippen LogP contribution in [-0.2, 0) is 53.3 Å². The predicted octanol–water partition coefficient (Wildman–Crippen LogP) is 10.2. The van der Waals surface area contributed by atoms with E-state index in [0.717, 1.165) is 163 Å². The lowest BCUT2D eigenvalue weighted by molar-refractivity contribution is -0.129. The maximum Gasteiger partial charge on any atom is 0.318 e. The third kappa shape index (κ3) is 19.8. The summed E-state index contributed by atoms with van der Waals surface area (Å²) in [6, 6.07) is 36.9. The summed E-state index contributed by atoms with van der Waals surface area (Å²) in [4.78, 5) is 90.6. The van der Waals surface area contributed by atoms with Crippen LogP contribution in [0.1, 0.15) is 91.7 Å². The number of piperazine rings is 3. The number of carbonyl (C=O) groups is 3. The Kier molecular flexibility index (Phi) is 29.5. The number of H-pyrrole nitrogens is 1. The third-order valence-electron chi connectivity index (χ3n) is 25.4. The van der Waals surface area contributed by atoms with E-state index in [1.54, 1.807) is 15.9 Å². The van der Waals surface area contributed by atoms with E-state index in [2.05, 4.69) is 168 Å². The number of ether oxygens (including phenoxy) is 3. The van der Waals surface area contributed by atoms with Crippen LogP contribution < -0.4 is 48.9 Å². The fourth-order valence-electron chi connectivity index (χ4n) is 18.8. The van der Waals surface area contributed by atoms with Crippen LogP contribution in [0.2, 0.25) is 0 Å². The molecular weight excluding hydrogens is 1590 g/mol. The summed E-state index contributed by atoms with van der Waals surface area (Å²) in [6.45, 7) is 29.2. The minimum absolute atomic E-state index is 0. The highest BCUT2D eigenvalue weighted by Crippen LogP contribution is 2.41. The summed E-state index contributed by atoms with van der Waals surface area (Å²) in [5, 5.41) is 45.9. The molecule has 9 aliphatic heterocycles. The minimum atomic E-state index is -0.234. The summed E-state index contributed by atoms with van der Waals surface area (Å²) < 4.78 is 18.7. The first kappa shape index (κ1) is 89.3. The molecule has 13 heterocycles. The zero-order chi connectivity index (χ0) is 82.9. The standard InChI is InChI=1S/C32H37N7O2.C30H37N9O2.C29H34N6O3.CH4.2H2S/c1-3-30(40)39-19-18-38(20-24(39)13-15-33)31-27-14-17-37(29-12-6-9-23-8-4-5-11-26(23)29)21-28(27)34-32(35-31)41-22-25-10-7-16-36(25)2;1-4-27(40)39-15-14-38(17-21(39)9-11-31)29-23-10-13-37(28-20(2)7-8-25-24(28)16-32-35-25)18-26(23)33-30(34-29)41-19-22-6-5-12-36(22)3;1-2-27(37)33-11-13-34(14-12-33)28-24-8-10-35(26-16-22(36)15-21-5-3-4-6-23(21)26)18-25(24)31-29(32-28)38-19-20-7-9-30-17-20;;;/h3-6,8-9,11-12,24-25H,1,7,10,13-14,16-22H2,2H3;4,7-8,16,21-22H,1,5-6,9-10,12-15,17-19H2,2-3H3,(H,32,35);2-6,15-16,20,30,36H,1,7-14,17-19H2;1H4;2*1H2/t24?,25-;21?,22-;20-;;;/m001.../s1. The van der Waals surface area contributed by atoms with Gasteiger partial charge in [-0.05, 0) is 145 Å². The molecule has 3 amide bonds. The Morgan fingerprint density at radius 2 is 1.01 bits per heavy atom. The van der Waals surface area contributed by atoms with Gasteiger partial charge in [0.1, 0.15) is 36.4 Å². The maximum atomic E-state index is 12.5. The van der Waals surface area contributed by atoms with Crippen LogP contribution in [0.5, 0.6) is 23.8 Å². The van der Waals surface area contributed by atoms with Crippen molar-refractivity contribution < 1.29 is 33.7 Å². The number of aromatic nitrogens is 8. The average molecular weight is 1710 g/mol. The number of nitrogens with one attached hydrogen (secondary N) is 2. The Labute approximate surface area is 734 Å². The van der Waals surface area contributed by atoms with E-state index in [0.29, 0.717) is 141 Å². The highest BCUT2D eigenvalue weighted by molar-refractivity contribution is 7.59. The van der Waals surface area contributed by atoms with Crippen LogP contribution in [0.15, 0.2) is 135 Å². The summed E-state index contributed by atoms with van der Waals surface area (Å²) in [5.41, 5.74) is 11.9. The van der Waals surface area contributed by atoms with Gasteiger partial charge in [0.05, 0.1) is 97.8 Å². The summed E-state index contributed by atoms with van der Waals surface area (Å²) in [5.74, 6) is 3.06.